The van der Waals surface area contributed by atoms with Crippen LogP contribution in [0.1, 0.15) is 0 Å². The molecule has 3 N–H and O–H groups in total. The Hall–Kier alpha value is -1.79. The molecule has 0 saturated heterocycles. The predicted molar refractivity (Wildman–Crippen MR) is 60.8 cm³/mol. The summed E-state index contributed by atoms with van der Waals surface area (Å²) in [7, 11) is -4.31. The zero-order valence-corrected chi connectivity index (χ0v) is 8.90. The minimum Gasteiger partial charge on any atom is -0.507 e. The molecule has 0 atom stereocenters. The summed E-state index contributed by atoms with van der Waals surface area (Å²) in [4.78, 5) is 0. The molecule has 0 aromatic heterocycles. The van der Waals surface area contributed by atoms with E-state index in [4.69, 9.17) is 4.55 Å². The van der Waals surface area contributed by atoms with E-state index in [1.807, 2.05) is 4.72 Å². The monoisotopic (exact) mass is 239 g/mol. The van der Waals surface area contributed by atoms with E-state index < -0.39 is 10.3 Å². The number of fused-ring (bicyclic) bond motifs is 1. The molecular formula is C10H9NO4S. The van der Waals surface area contributed by atoms with E-state index in [0.717, 1.165) is 0 Å². The van der Waals surface area contributed by atoms with Gasteiger partial charge >= 0.3 is 10.3 Å². The van der Waals surface area contributed by atoms with Gasteiger partial charge < -0.3 is 5.11 Å². The second-order valence-electron chi connectivity index (χ2n) is 3.25. The summed E-state index contributed by atoms with van der Waals surface area (Å²) in [6, 6.07) is 9.46. The van der Waals surface area contributed by atoms with Crippen molar-refractivity contribution in [2.75, 3.05) is 4.72 Å². The lowest BCUT2D eigenvalue weighted by molar-refractivity contribution is 0.481. The Labute approximate surface area is 92.2 Å². The van der Waals surface area contributed by atoms with Crippen LogP contribution >= 0.6 is 0 Å². The van der Waals surface area contributed by atoms with Gasteiger partial charge in [-0.15, -0.1) is 0 Å². The number of rotatable bonds is 2. The van der Waals surface area contributed by atoms with Crippen molar-refractivity contribution in [2.24, 2.45) is 0 Å². The highest BCUT2D eigenvalue weighted by atomic mass is 32.2. The molecule has 6 heteroatoms. The highest BCUT2D eigenvalue weighted by Gasteiger charge is 2.09. The topological polar surface area (TPSA) is 86.6 Å². The van der Waals surface area contributed by atoms with E-state index in [1.54, 1.807) is 24.3 Å². The Morgan fingerprint density at radius 3 is 2.25 bits per heavy atom. The van der Waals surface area contributed by atoms with Crippen LogP contribution in [0.3, 0.4) is 0 Å². The minimum atomic E-state index is -4.31. The standard InChI is InChI=1S/C10H9NO4S/c12-10-6-5-9(11-16(13,14)15)7-3-1-2-4-8(7)10/h1-6,11-12H,(H,13,14,15). The molecule has 2 rings (SSSR count). The Bertz CT molecular complexity index is 636. The van der Waals surface area contributed by atoms with Crippen LogP contribution in [0.25, 0.3) is 10.8 Å². The molecule has 0 amide bonds. The summed E-state index contributed by atoms with van der Waals surface area (Å²) in [6.07, 6.45) is 0. The Balaban J connectivity index is 2.68. The van der Waals surface area contributed by atoms with Crippen molar-refractivity contribution in [3.05, 3.63) is 36.4 Å². The van der Waals surface area contributed by atoms with E-state index in [-0.39, 0.29) is 11.4 Å². The first-order chi connectivity index (χ1) is 7.47. The fraction of sp³-hybridized carbons (Fsp3) is 0. The van der Waals surface area contributed by atoms with Crippen molar-refractivity contribution in [3.8, 4) is 5.75 Å². The zero-order valence-electron chi connectivity index (χ0n) is 8.08. The number of phenols is 1. The summed E-state index contributed by atoms with van der Waals surface area (Å²) in [6.45, 7) is 0. The quantitative estimate of drug-likeness (QED) is 0.550. The first kappa shape index (κ1) is 10.7. The maximum Gasteiger partial charge on any atom is 0.357 e. The Kier molecular flexibility index (Phi) is 2.45. The summed E-state index contributed by atoms with van der Waals surface area (Å²) in [5.74, 6) is 0.0523. The zero-order chi connectivity index (χ0) is 11.8. The molecule has 0 spiro atoms. The average molecular weight is 239 g/mol. The van der Waals surface area contributed by atoms with Crippen molar-refractivity contribution < 1.29 is 18.1 Å². The fourth-order valence-corrected chi connectivity index (χ4v) is 1.97. The van der Waals surface area contributed by atoms with E-state index in [1.165, 1.54) is 12.1 Å². The van der Waals surface area contributed by atoms with Gasteiger partial charge in [-0.3, -0.25) is 9.27 Å². The number of phenolic OH excluding ortho intramolecular Hbond substituents is 1. The number of hydrogen-bond donors (Lipinski definition) is 3. The summed E-state index contributed by atoms with van der Waals surface area (Å²) in [5, 5.41) is 10.6. The summed E-state index contributed by atoms with van der Waals surface area (Å²) < 4.78 is 32.1. The maximum atomic E-state index is 10.7. The van der Waals surface area contributed by atoms with Gasteiger partial charge in [0.05, 0.1) is 5.69 Å². The predicted octanol–water partition coefficient (Wildman–Crippen LogP) is 1.76. The van der Waals surface area contributed by atoms with Gasteiger partial charge in [0, 0.05) is 10.8 Å². The smallest absolute Gasteiger partial charge is 0.357 e. The van der Waals surface area contributed by atoms with Gasteiger partial charge in [-0.25, -0.2) is 0 Å². The van der Waals surface area contributed by atoms with Crippen LogP contribution < -0.4 is 4.72 Å². The highest BCUT2D eigenvalue weighted by molar-refractivity contribution is 7.87. The van der Waals surface area contributed by atoms with Crippen LogP contribution in [0.4, 0.5) is 5.69 Å². The molecule has 0 aliphatic carbocycles. The lowest BCUT2D eigenvalue weighted by atomic mass is 10.1. The van der Waals surface area contributed by atoms with Gasteiger partial charge in [0.1, 0.15) is 5.75 Å². The molecule has 5 nitrogen and oxygen atoms in total. The maximum absolute atomic E-state index is 10.7. The Morgan fingerprint density at radius 2 is 1.62 bits per heavy atom. The largest absolute Gasteiger partial charge is 0.507 e. The average Bonchev–Trinajstić information content (AvgIpc) is 2.21. The van der Waals surface area contributed by atoms with E-state index in [2.05, 4.69) is 0 Å². The second kappa shape index (κ2) is 3.66. The normalized spacial score (nSPS) is 11.6. The molecule has 16 heavy (non-hydrogen) atoms. The molecule has 0 fully saturated rings. The van der Waals surface area contributed by atoms with Crippen LogP contribution in [-0.4, -0.2) is 18.1 Å². The van der Waals surface area contributed by atoms with Crippen molar-refractivity contribution in [3.63, 3.8) is 0 Å². The molecule has 2 aromatic carbocycles. The third-order valence-electron chi connectivity index (χ3n) is 2.14. The SMILES string of the molecule is O=S(=O)(O)Nc1ccc(O)c2ccccc12. The van der Waals surface area contributed by atoms with Gasteiger partial charge in [0.2, 0.25) is 0 Å². The third kappa shape index (κ3) is 2.07. The molecule has 84 valence electrons. The fourth-order valence-electron chi connectivity index (χ4n) is 1.51. The van der Waals surface area contributed by atoms with Gasteiger partial charge in [0.25, 0.3) is 0 Å². The van der Waals surface area contributed by atoms with E-state index in [0.29, 0.717) is 10.8 Å². The van der Waals surface area contributed by atoms with Crippen LogP contribution in [0.2, 0.25) is 0 Å². The van der Waals surface area contributed by atoms with Crippen molar-refractivity contribution >= 4 is 26.8 Å². The second-order valence-corrected chi connectivity index (χ2v) is 4.41. The minimum absolute atomic E-state index is 0.0523. The van der Waals surface area contributed by atoms with Gasteiger partial charge in [0.15, 0.2) is 0 Å². The molecule has 0 aliphatic rings. The number of anilines is 1. The first-order valence-corrected chi connectivity index (χ1v) is 5.87. The number of aromatic hydroxyl groups is 1. The van der Waals surface area contributed by atoms with Crippen molar-refractivity contribution in [2.45, 2.75) is 0 Å². The number of nitrogens with one attached hydrogen (secondary N) is 1. The number of hydrogen-bond acceptors (Lipinski definition) is 3. The van der Waals surface area contributed by atoms with Crippen molar-refractivity contribution in [1.82, 2.24) is 0 Å². The third-order valence-corrected chi connectivity index (χ3v) is 2.62. The number of benzene rings is 2. The molecule has 0 saturated carbocycles. The molecular weight excluding hydrogens is 230 g/mol. The molecule has 0 bridgehead atoms. The van der Waals surface area contributed by atoms with Crippen LogP contribution in [-0.2, 0) is 10.3 Å². The molecule has 2 aromatic rings. The van der Waals surface area contributed by atoms with E-state index in [9.17, 15) is 13.5 Å². The first-order valence-electron chi connectivity index (χ1n) is 4.43. The highest BCUT2D eigenvalue weighted by Crippen LogP contribution is 2.30. The van der Waals surface area contributed by atoms with Crippen LogP contribution in [0, 0.1) is 0 Å². The Morgan fingerprint density at radius 1 is 1.00 bits per heavy atom. The van der Waals surface area contributed by atoms with Crippen LogP contribution in [0.15, 0.2) is 36.4 Å². The molecule has 0 unspecified atom stereocenters. The summed E-state index contributed by atoms with van der Waals surface area (Å²) in [5.41, 5.74) is 0.218. The lowest BCUT2D eigenvalue weighted by Gasteiger charge is -2.08. The van der Waals surface area contributed by atoms with Crippen LogP contribution in [0.5, 0.6) is 5.75 Å². The molecule has 0 heterocycles. The van der Waals surface area contributed by atoms with Gasteiger partial charge in [-0.05, 0) is 12.1 Å². The van der Waals surface area contributed by atoms with E-state index >= 15 is 0 Å². The lowest BCUT2D eigenvalue weighted by Crippen LogP contribution is -2.10. The van der Waals surface area contributed by atoms with Gasteiger partial charge in [-0.1, -0.05) is 24.3 Å². The van der Waals surface area contributed by atoms with Crippen molar-refractivity contribution in [1.29, 1.82) is 0 Å². The van der Waals surface area contributed by atoms with Gasteiger partial charge in [-0.2, -0.15) is 8.42 Å². The molecule has 0 aliphatic heterocycles. The molecule has 0 radical (unpaired) electrons. The summed E-state index contributed by atoms with van der Waals surface area (Å²) >= 11 is 0.